The van der Waals surface area contributed by atoms with Crippen molar-refractivity contribution in [2.45, 2.75) is 33.1 Å². The van der Waals surface area contributed by atoms with Gasteiger partial charge in [0.05, 0.1) is 5.69 Å². The number of hydrogen-bond acceptors (Lipinski definition) is 6. The first-order valence-corrected chi connectivity index (χ1v) is 8.95. The summed E-state index contributed by atoms with van der Waals surface area (Å²) in [5.41, 5.74) is 1.60. The Morgan fingerprint density at radius 3 is 2.91 bits per heavy atom. The Hall–Kier alpha value is -2.06. The fourth-order valence-electron chi connectivity index (χ4n) is 2.74. The van der Waals surface area contributed by atoms with Crippen LogP contribution in [-0.4, -0.2) is 20.3 Å². The molecule has 0 unspecified atom stereocenters. The van der Waals surface area contributed by atoms with Crippen LogP contribution < -0.4 is 10.9 Å². The Kier molecular flexibility index (Phi) is 3.31. The first-order valence-electron chi connectivity index (χ1n) is 7.32. The van der Waals surface area contributed by atoms with Crippen LogP contribution in [0.4, 0.5) is 5.13 Å². The molecule has 1 amide bonds. The van der Waals surface area contributed by atoms with Crippen LogP contribution in [-0.2, 0) is 12.8 Å². The summed E-state index contributed by atoms with van der Waals surface area (Å²) in [6, 6.07) is 0. The van der Waals surface area contributed by atoms with E-state index in [1.165, 1.54) is 38.1 Å². The normalized spacial score (nSPS) is 13.5. The number of thiazole rings is 2. The average Bonchev–Trinajstić information content (AvgIpc) is 3.14. The highest BCUT2D eigenvalue weighted by atomic mass is 32.1. The van der Waals surface area contributed by atoms with Gasteiger partial charge in [-0.25, -0.2) is 9.97 Å². The van der Waals surface area contributed by atoms with E-state index < -0.39 is 5.91 Å². The van der Waals surface area contributed by atoms with E-state index in [0.717, 1.165) is 35.5 Å². The number of aromatic nitrogens is 3. The predicted molar refractivity (Wildman–Crippen MR) is 90.9 cm³/mol. The molecule has 0 fully saturated rings. The van der Waals surface area contributed by atoms with Gasteiger partial charge in [-0.1, -0.05) is 0 Å². The number of hydrogen-bond donors (Lipinski definition) is 1. The molecule has 1 N–H and O–H groups in total. The second kappa shape index (κ2) is 5.24. The number of nitrogens with one attached hydrogen (secondary N) is 1. The third kappa shape index (κ3) is 2.29. The van der Waals surface area contributed by atoms with Gasteiger partial charge < -0.3 is 0 Å². The molecule has 4 rings (SSSR count). The Bertz CT molecular complexity index is 977. The average molecular weight is 346 g/mol. The number of anilines is 1. The van der Waals surface area contributed by atoms with E-state index in [9.17, 15) is 9.59 Å². The molecule has 0 bridgehead atoms. The highest BCUT2D eigenvalue weighted by molar-refractivity contribution is 7.17. The lowest BCUT2D eigenvalue weighted by Gasteiger charge is -2.02. The quantitative estimate of drug-likeness (QED) is 0.774. The number of aryl methyl sites for hydroxylation is 4. The van der Waals surface area contributed by atoms with Gasteiger partial charge in [0.1, 0.15) is 5.56 Å². The summed E-state index contributed by atoms with van der Waals surface area (Å²) in [6.07, 6.45) is 4.46. The van der Waals surface area contributed by atoms with Gasteiger partial charge in [-0.05, 0) is 33.1 Å². The summed E-state index contributed by atoms with van der Waals surface area (Å²) in [6.45, 7) is 3.79. The van der Waals surface area contributed by atoms with Crippen molar-refractivity contribution in [3.8, 4) is 0 Å². The van der Waals surface area contributed by atoms with Crippen LogP contribution in [0.25, 0.3) is 4.96 Å². The maximum atomic E-state index is 12.6. The molecule has 0 saturated heterocycles. The summed E-state index contributed by atoms with van der Waals surface area (Å²) in [5, 5.41) is 3.30. The van der Waals surface area contributed by atoms with E-state index in [4.69, 9.17) is 0 Å². The van der Waals surface area contributed by atoms with Crippen molar-refractivity contribution in [3.05, 3.63) is 43.3 Å². The first-order chi connectivity index (χ1) is 11.0. The molecule has 6 nitrogen and oxygen atoms in total. The summed E-state index contributed by atoms with van der Waals surface area (Å²) in [7, 11) is 0. The van der Waals surface area contributed by atoms with E-state index in [2.05, 4.69) is 15.3 Å². The lowest BCUT2D eigenvalue weighted by Crippen LogP contribution is -2.26. The van der Waals surface area contributed by atoms with Gasteiger partial charge in [-0.2, -0.15) is 0 Å². The van der Waals surface area contributed by atoms with Crippen LogP contribution in [0.15, 0.2) is 11.0 Å². The van der Waals surface area contributed by atoms with Crippen molar-refractivity contribution < 1.29 is 4.79 Å². The van der Waals surface area contributed by atoms with Crippen LogP contribution >= 0.6 is 22.7 Å². The van der Waals surface area contributed by atoms with Gasteiger partial charge in [-0.3, -0.25) is 19.3 Å². The van der Waals surface area contributed by atoms with Gasteiger partial charge in [-0.15, -0.1) is 22.7 Å². The number of carbonyl (C=O) groups is 1. The third-order valence-corrected chi connectivity index (χ3v) is 6.22. The minimum absolute atomic E-state index is 0.0405. The molecule has 1 aliphatic carbocycles. The number of fused-ring (bicyclic) bond motifs is 2. The molecular weight excluding hydrogens is 332 g/mol. The van der Waals surface area contributed by atoms with Crippen LogP contribution in [0.5, 0.6) is 0 Å². The largest absolute Gasteiger partial charge is 0.298 e. The summed E-state index contributed by atoms with van der Waals surface area (Å²) >= 11 is 2.93. The minimum atomic E-state index is -0.451. The third-order valence-electron chi connectivity index (χ3n) is 4.08. The lowest BCUT2D eigenvalue weighted by atomic mass is 10.3. The van der Waals surface area contributed by atoms with E-state index in [-0.39, 0.29) is 11.1 Å². The van der Waals surface area contributed by atoms with Gasteiger partial charge >= 0.3 is 0 Å². The van der Waals surface area contributed by atoms with E-state index in [0.29, 0.717) is 10.1 Å². The smallest absolute Gasteiger partial charge is 0.271 e. The van der Waals surface area contributed by atoms with E-state index >= 15 is 0 Å². The molecular formula is C15H14N4O2S2. The number of carbonyl (C=O) groups excluding carboxylic acids is 1. The van der Waals surface area contributed by atoms with Gasteiger partial charge in [0, 0.05) is 21.6 Å². The zero-order valence-corrected chi connectivity index (χ0v) is 14.3. The maximum Gasteiger partial charge on any atom is 0.271 e. The second-order valence-electron chi connectivity index (χ2n) is 5.54. The van der Waals surface area contributed by atoms with Crippen molar-refractivity contribution in [3.63, 3.8) is 0 Å². The Morgan fingerprint density at radius 1 is 1.30 bits per heavy atom. The molecule has 3 aromatic heterocycles. The van der Waals surface area contributed by atoms with Crippen molar-refractivity contribution in [1.29, 1.82) is 0 Å². The molecule has 3 aromatic rings. The van der Waals surface area contributed by atoms with Crippen LogP contribution in [0.1, 0.15) is 37.9 Å². The van der Waals surface area contributed by atoms with Crippen molar-refractivity contribution >= 4 is 38.7 Å². The van der Waals surface area contributed by atoms with Gasteiger partial charge in [0.2, 0.25) is 0 Å². The van der Waals surface area contributed by atoms with Crippen molar-refractivity contribution in [2.75, 3.05) is 5.32 Å². The van der Waals surface area contributed by atoms with Crippen LogP contribution in [0.3, 0.4) is 0 Å². The highest BCUT2D eigenvalue weighted by Crippen LogP contribution is 2.30. The molecule has 23 heavy (non-hydrogen) atoms. The summed E-state index contributed by atoms with van der Waals surface area (Å²) < 4.78 is 1.50. The molecule has 0 radical (unpaired) electrons. The van der Waals surface area contributed by atoms with Crippen LogP contribution in [0, 0.1) is 13.8 Å². The standard InChI is InChI=1S/C15H14N4O2S2/c1-7-8(2)22-15-16-6-9(13(21)19(7)15)12(20)18-14-17-10-4-3-5-11(10)23-14/h6H,3-5H2,1-2H3,(H,17,18,20). The molecule has 0 saturated carbocycles. The highest BCUT2D eigenvalue weighted by Gasteiger charge is 2.20. The Morgan fingerprint density at radius 2 is 2.13 bits per heavy atom. The molecule has 0 atom stereocenters. The molecule has 1 aliphatic rings. The fraction of sp³-hybridized carbons (Fsp3) is 0.333. The van der Waals surface area contributed by atoms with E-state index in [1.807, 2.05) is 13.8 Å². The Labute approximate surface area is 139 Å². The fourth-order valence-corrected chi connectivity index (χ4v) is 4.71. The monoisotopic (exact) mass is 346 g/mol. The molecule has 0 spiro atoms. The van der Waals surface area contributed by atoms with Crippen LogP contribution in [0.2, 0.25) is 0 Å². The predicted octanol–water partition coefficient (Wildman–Crippen LogP) is 2.57. The number of nitrogens with zero attached hydrogens (tertiary/aromatic N) is 3. The zero-order valence-electron chi connectivity index (χ0n) is 12.7. The van der Waals surface area contributed by atoms with Gasteiger partial charge in [0.15, 0.2) is 10.1 Å². The summed E-state index contributed by atoms with van der Waals surface area (Å²) in [4.78, 5) is 36.5. The van der Waals surface area contributed by atoms with Crippen molar-refractivity contribution in [1.82, 2.24) is 14.4 Å². The molecule has 118 valence electrons. The molecule has 0 aliphatic heterocycles. The summed E-state index contributed by atoms with van der Waals surface area (Å²) in [5.74, 6) is -0.451. The Balaban J connectivity index is 1.70. The number of rotatable bonds is 2. The molecule has 8 heteroatoms. The minimum Gasteiger partial charge on any atom is -0.298 e. The first kappa shape index (κ1) is 14.5. The van der Waals surface area contributed by atoms with Gasteiger partial charge in [0.25, 0.3) is 11.5 Å². The maximum absolute atomic E-state index is 12.6. The second-order valence-corrected chi connectivity index (χ2v) is 7.80. The van der Waals surface area contributed by atoms with Crippen molar-refractivity contribution in [2.24, 2.45) is 0 Å². The van der Waals surface area contributed by atoms with E-state index in [1.54, 1.807) is 0 Å². The molecule has 3 heterocycles. The molecule has 0 aromatic carbocycles. The topological polar surface area (TPSA) is 76.4 Å². The lowest BCUT2D eigenvalue weighted by molar-refractivity contribution is 0.102. The zero-order chi connectivity index (χ0) is 16.1. The number of amides is 1. The SMILES string of the molecule is Cc1sc2ncc(C(=O)Nc3nc4c(s3)CCC4)c(=O)n2c1C.